The van der Waals surface area contributed by atoms with Crippen molar-refractivity contribution in [2.24, 2.45) is 0 Å². The van der Waals surface area contributed by atoms with Crippen LogP contribution in [0.15, 0.2) is 36.4 Å². The fourth-order valence-corrected chi connectivity index (χ4v) is 2.55. The minimum atomic E-state index is 0.875. The molecule has 0 saturated carbocycles. The van der Waals surface area contributed by atoms with E-state index in [0.717, 1.165) is 32.4 Å². The van der Waals surface area contributed by atoms with E-state index in [1.807, 2.05) is 18.2 Å². The molecule has 0 aliphatic rings. The molecule has 0 unspecified atom stereocenters. The van der Waals surface area contributed by atoms with Gasteiger partial charge in [0.25, 0.3) is 0 Å². The van der Waals surface area contributed by atoms with Crippen molar-refractivity contribution in [1.82, 2.24) is 15.2 Å². The largest absolute Gasteiger partial charge is 0.260 e. The van der Waals surface area contributed by atoms with E-state index in [9.17, 15) is 0 Å². The molecule has 18 heavy (non-hydrogen) atoms. The number of hydrogen-bond donors (Lipinski definition) is 1. The Morgan fingerprint density at radius 1 is 1.22 bits per heavy atom. The lowest BCUT2D eigenvalue weighted by atomic mass is 10.1. The summed E-state index contributed by atoms with van der Waals surface area (Å²) >= 11 is 2.32. The molecule has 0 radical (unpaired) electrons. The molecule has 90 valence electrons. The highest BCUT2D eigenvalue weighted by atomic mass is 127. The van der Waals surface area contributed by atoms with Gasteiger partial charge in [-0.05, 0) is 18.6 Å². The average Bonchev–Trinajstić information content (AvgIpc) is 2.84. The molecule has 1 aromatic carbocycles. The molecule has 0 atom stereocenters. The van der Waals surface area contributed by atoms with Crippen LogP contribution < -0.4 is 0 Å². The Morgan fingerprint density at radius 3 is 2.72 bits per heavy atom. The predicted octanol–water partition coefficient (Wildman–Crippen LogP) is 3.87. The maximum Gasteiger partial charge on any atom is 0.156 e. The summed E-state index contributed by atoms with van der Waals surface area (Å²) in [4.78, 5) is 4.58. The maximum absolute atomic E-state index is 4.58. The third-order valence-electron chi connectivity index (χ3n) is 2.96. The number of aryl methyl sites for hydroxylation is 1. The zero-order valence-corrected chi connectivity index (χ0v) is 12.1. The van der Waals surface area contributed by atoms with Gasteiger partial charge in [0.2, 0.25) is 0 Å². The first-order chi connectivity index (χ1) is 8.79. The number of benzene rings is 1. The third kappa shape index (κ3) is 1.90. The Kier molecular flexibility index (Phi) is 3.03. The van der Waals surface area contributed by atoms with Gasteiger partial charge in [0.05, 0.1) is 5.69 Å². The van der Waals surface area contributed by atoms with Gasteiger partial charge in [0.15, 0.2) is 5.65 Å². The molecule has 0 spiro atoms. The maximum atomic E-state index is 4.58. The fraction of sp³-hybridized carbons (Fsp3) is 0.143. The smallest absolute Gasteiger partial charge is 0.156 e. The number of H-pyrrole nitrogens is 1. The topological polar surface area (TPSA) is 41.6 Å². The van der Waals surface area contributed by atoms with Crippen LogP contribution >= 0.6 is 22.6 Å². The first kappa shape index (κ1) is 11.6. The zero-order chi connectivity index (χ0) is 12.5. The van der Waals surface area contributed by atoms with Gasteiger partial charge in [-0.3, -0.25) is 5.10 Å². The number of nitrogens with one attached hydrogen (secondary N) is 1. The standard InChI is InChI=1S/C14H12IN3/c1-9-7-11(8-15)16-14-12(9)13(17-18-14)10-5-3-2-4-6-10/h2-7H,8H2,1H3,(H,16,17,18). The molecule has 0 saturated heterocycles. The molecule has 4 heteroatoms. The average molecular weight is 349 g/mol. The number of aromatic amines is 1. The summed E-state index contributed by atoms with van der Waals surface area (Å²) in [7, 11) is 0. The van der Waals surface area contributed by atoms with Crippen molar-refractivity contribution in [3.05, 3.63) is 47.7 Å². The second-order valence-electron chi connectivity index (χ2n) is 4.23. The summed E-state index contributed by atoms with van der Waals surface area (Å²) in [5.74, 6) is 0. The van der Waals surface area contributed by atoms with Gasteiger partial charge >= 0.3 is 0 Å². The monoisotopic (exact) mass is 349 g/mol. The molecule has 2 aromatic heterocycles. The second kappa shape index (κ2) is 4.68. The highest BCUT2D eigenvalue weighted by Crippen LogP contribution is 2.28. The number of halogens is 1. The van der Waals surface area contributed by atoms with Crippen molar-refractivity contribution in [3.63, 3.8) is 0 Å². The molecule has 1 N–H and O–H groups in total. The summed E-state index contributed by atoms with van der Waals surface area (Å²) in [5.41, 5.74) is 5.29. The molecule has 2 heterocycles. The first-order valence-electron chi connectivity index (χ1n) is 5.75. The van der Waals surface area contributed by atoms with Crippen LogP contribution in [-0.2, 0) is 4.43 Å². The van der Waals surface area contributed by atoms with E-state index in [0.29, 0.717) is 0 Å². The summed E-state index contributed by atoms with van der Waals surface area (Å²) in [6.45, 7) is 2.11. The predicted molar refractivity (Wildman–Crippen MR) is 81.8 cm³/mol. The van der Waals surface area contributed by atoms with Gasteiger partial charge in [-0.2, -0.15) is 5.10 Å². The van der Waals surface area contributed by atoms with E-state index in [4.69, 9.17) is 0 Å². The lowest BCUT2D eigenvalue weighted by molar-refractivity contribution is 1.09. The number of fused-ring (bicyclic) bond motifs is 1. The van der Waals surface area contributed by atoms with Crippen LogP contribution in [0.2, 0.25) is 0 Å². The van der Waals surface area contributed by atoms with Crippen LogP contribution in [0.4, 0.5) is 0 Å². The Bertz CT molecular complexity index is 689. The molecule has 3 rings (SSSR count). The highest BCUT2D eigenvalue weighted by Gasteiger charge is 2.12. The van der Waals surface area contributed by atoms with Crippen LogP contribution in [0.25, 0.3) is 22.3 Å². The zero-order valence-electron chi connectivity index (χ0n) is 9.94. The molecule has 3 aromatic rings. The van der Waals surface area contributed by atoms with Gasteiger partial charge in [0.1, 0.15) is 5.69 Å². The van der Waals surface area contributed by atoms with Crippen LogP contribution in [0.3, 0.4) is 0 Å². The van der Waals surface area contributed by atoms with Gasteiger partial charge in [0, 0.05) is 15.4 Å². The Hall–Kier alpha value is -1.43. The van der Waals surface area contributed by atoms with E-state index in [2.05, 4.69) is 62.9 Å². The second-order valence-corrected chi connectivity index (χ2v) is 4.99. The van der Waals surface area contributed by atoms with Gasteiger partial charge in [-0.25, -0.2) is 4.98 Å². The molecule has 0 aliphatic carbocycles. The van der Waals surface area contributed by atoms with Crippen LogP contribution in [-0.4, -0.2) is 15.2 Å². The molecule has 0 aliphatic heterocycles. The van der Waals surface area contributed by atoms with E-state index < -0.39 is 0 Å². The number of alkyl halides is 1. The highest BCUT2D eigenvalue weighted by molar-refractivity contribution is 14.1. The van der Waals surface area contributed by atoms with Crippen molar-refractivity contribution >= 4 is 33.6 Å². The van der Waals surface area contributed by atoms with Crippen LogP contribution in [0, 0.1) is 6.92 Å². The van der Waals surface area contributed by atoms with E-state index in [1.165, 1.54) is 5.56 Å². The minimum Gasteiger partial charge on any atom is -0.260 e. The fourth-order valence-electron chi connectivity index (χ4n) is 2.16. The van der Waals surface area contributed by atoms with Gasteiger partial charge in [-0.15, -0.1) is 0 Å². The van der Waals surface area contributed by atoms with Crippen molar-refractivity contribution in [2.75, 3.05) is 0 Å². The number of hydrogen-bond acceptors (Lipinski definition) is 2. The Labute approximate surface area is 119 Å². The molecule has 0 fully saturated rings. The molecular formula is C14H12IN3. The molecule has 3 nitrogen and oxygen atoms in total. The summed E-state index contributed by atoms with van der Waals surface area (Å²) in [6.07, 6.45) is 0. The number of pyridine rings is 1. The lowest BCUT2D eigenvalue weighted by Gasteiger charge is -2.02. The third-order valence-corrected chi connectivity index (χ3v) is 3.75. The minimum absolute atomic E-state index is 0.875. The van der Waals surface area contributed by atoms with E-state index in [-0.39, 0.29) is 0 Å². The van der Waals surface area contributed by atoms with Crippen molar-refractivity contribution in [1.29, 1.82) is 0 Å². The quantitative estimate of drug-likeness (QED) is 0.564. The van der Waals surface area contributed by atoms with E-state index >= 15 is 0 Å². The van der Waals surface area contributed by atoms with Crippen LogP contribution in [0.5, 0.6) is 0 Å². The Morgan fingerprint density at radius 2 is 2.00 bits per heavy atom. The Balaban J connectivity index is 2.27. The van der Waals surface area contributed by atoms with Crippen molar-refractivity contribution < 1.29 is 0 Å². The van der Waals surface area contributed by atoms with Gasteiger partial charge in [-0.1, -0.05) is 52.9 Å². The normalized spacial score (nSPS) is 11.0. The molecule has 0 amide bonds. The first-order valence-corrected chi connectivity index (χ1v) is 7.28. The summed E-state index contributed by atoms with van der Waals surface area (Å²) in [5, 5.41) is 8.57. The van der Waals surface area contributed by atoms with Crippen molar-refractivity contribution in [3.8, 4) is 11.3 Å². The number of rotatable bonds is 2. The lowest BCUT2D eigenvalue weighted by Crippen LogP contribution is -1.89. The molecular weight excluding hydrogens is 337 g/mol. The SMILES string of the molecule is Cc1cc(CI)nc2[nH]nc(-c3ccccc3)c12. The van der Waals surface area contributed by atoms with Crippen LogP contribution in [0.1, 0.15) is 11.3 Å². The summed E-state index contributed by atoms with van der Waals surface area (Å²) < 4.78 is 0.911. The van der Waals surface area contributed by atoms with Crippen molar-refractivity contribution in [2.45, 2.75) is 11.4 Å². The van der Waals surface area contributed by atoms with Gasteiger partial charge < -0.3 is 0 Å². The molecule has 0 bridgehead atoms. The number of aromatic nitrogens is 3. The summed E-state index contributed by atoms with van der Waals surface area (Å²) in [6, 6.07) is 12.3. The van der Waals surface area contributed by atoms with E-state index in [1.54, 1.807) is 0 Å². The number of nitrogens with zero attached hydrogens (tertiary/aromatic N) is 2.